The van der Waals surface area contributed by atoms with E-state index in [1.54, 1.807) is 0 Å². The molecule has 6 rings (SSSR count). The Labute approximate surface area is 288 Å². The molecular formula is C39H60N6O3. The molecule has 1 aromatic heterocycles. The van der Waals surface area contributed by atoms with Gasteiger partial charge >= 0.3 is 0 Å². The van der Waals surface area contributed by atoms with E-state index in [9.17, 15) is 9.59 Å². The number of nitrogens with one attached hydrogen (secondary N) is 3. The van der Waals surface area contributed by atoms with E-state index in [2.05, 4.69) is 56.6 Å². The number of nitrogens with zero attached hydrogens (tertiary/aromatic N) is 3. The van der Waals surface area contributed by atoms with Crippen molar-refractivity contribution in [3.63, 3.8) is 0 Å². The minimum Gasteiger partial charge on any atom is -0.379 e. The number of hydrogen-bond acceptors (Lipinski definition) is 7. The monoisotopic (exact) mass is 660 g/mol. The first kappa shape index (κ1) is 35.1. The van der Waals surface area contributed by atoms with Gasteiger partial charge in [0.05, 0.1) is 13.2 Å². The molecule has 1 atom stereocenters. The molecule has 0 bridgehead atoms. The van der Waals surface area contributed by atoms with Crippen molar-refractivity contribution in [2.75, 3.05) is 57.9 Å². The van der Waals surface area contributed by atoms with Gasteiger partial charge in [0.1, 0.15) is 0 Å². The summed E-state index contributed by atoms with van der Waals surface area (Å²) in [5.74, 6) is 0.182. The number of morpholine rings is 1. The van der Waals surface area contributed by atoms with Gasteiger partial charge in [-0.2, -0.15) is 0 Å². The highest BCUT2D eigenvalue weighted by atomic mass is 16.5. The maximum absolute atomic E-state index is 14.2. The van der Waals surface area contributed by atoms with Crippen molar-refractivity contribution in [3.8, 4) is 0 Å². The van der Waals surface area contributed by atoms with Gasteiger partial charge in [0.2, 0.25) is 0 Å². The summed E-state index contributed by atoms with van der Waals surface area (Å²) < 4.78 is 5.61. The molecule has 2 saturated heterocycles. The normalized spacial score (nSPS) is 22.8. The third kappa shape index (κ3) is 8.01. The van der Waals surface area contributed by atoms with Crippen molar-refractivity contribution < 1.29 is 9.53 Å². The van der Waals surface area contributed by atoms with E-state index >= 15 is 0 Å². The number of carbonyl (C=O) groups is 1. The molecule has 2 aliphatic heterocycles. The Kier molecular flexibility index (Phi) is 11.6. The predicted molar refractivity (Wildman–Crippen MR) is 194 cm³/mol. The Morgan fingerprint density at radius 3 is 2.35 bits per heavy atom. The van der Waals surface area contributed by atoms with Gasteiger partial charge in [0, 0.05) is 86.3 Å². The lowest BCUT2D eigenvalue weighted by molar-refractivity contribution is 0.0306. The number of rotatable bonds is 9. The van der Waals surface area contributed by atoms with Crippen molar-refractivity contribution in [1.29, 1.82) is 0 Å². The summed E-state index contributed by atoms with van der Waals surface area (Å²) in [7, 11) is 2.24. The fourth-order valence-electron chi connectivity index (χ4n) is 9.04. The molecule has 2 aromatic rings. The molecule has 2 saturated carbocycles. The second kappa shape index (κ2) is 15.9. The minimum atomic E-state index is -0.128. The zero-order chi connectivity index (χ0) is 33.7. The van der Waals surface area contributed by atoms with E-state index in [4.69, 9.17) is 4.74 Å². The standard InChI is InChI=1S/C39H60N6O3/c1-28-23-29(2)41-38(47)34(28)26-40-37(46)33-24-31(25-36(30(33)3)43(4)32-13-9-8-10-14-32)35-27-45(18-17-44-19-21-48-22-20-44)42-39(35)15-11-6-5-7-12-16-39/h23-25,32,35,42H,5-22,26-27H2,1-4H3,(H,40,46)(H,41,47). The number of pyridine rings is 1. The van der Waals surface area contributed by atoms with Crippen molar-refractivity contribution >= 4 is 11.6 Å². The van der Waals surface area contributed by atoms with Crippen LogP contribution in [0.1, 0.15) is 121 Å². The lowest BCUT2D eigenvalue weighted by Gasteiger charge is -2.39. The van der Waals surface area contributed by atoms with Gasteiger partial charge in [0.25, 0.3) is 11.5 Å². The molecule has 2 aliphatic carbocycles. The summed E-state index contributed by atoms with van der Waals surface area (Å²) in [5, 5.41) is 5.65. The zero-order valence-corrected chi connectivity index (χ0v) is 30.1. The van der Waals surface area contributed by atoms with E-state index < -0.39 is 0 Å². The molecule has 9 nitrogen and oxygen atoms in total. The third-order valence-electron chi connectivity index (χ3n) is 12.0. The van der Waals surface area contributed by atoms with Gasteiger partial charge < -0.3 is 19.9 Å². The SMILES string of the molecule is Cc1cc(C)c(CNC(=O)c2cc(C3CN(CCN4CCOCC4)NC34CCCCCCC4)cc(N(C)C3CCCCC3)c2C)c(=O)[nH]1. The number of ether oxygens (including phenoxy) is 1. The summed E-state index contributed by atoms with van der Waals surface area (Å²) >= 11 is 0. The number of aromatic nitrogens is 1. The second-order valence-electron chi connectivity index (χ2n) is 15.2. The van der Waals surface area contributed by atoms with E-state index in [1.165, 1.54) is 75.5 Å². The van der Waals surface area contributed by atoms with Gasteiger partial charge in [-0.05, 0) is 81.3 Å². The number of anilines is 1. The average Bonchev–Trinajstić information content (AvgIpc) is 3.44. The average molecular weight is 661 g/mol. The van der Waals surface area contributed by atoms with Crippen LogP contribution >= 0.6 is 0 Å². The summed E-state index contributed by atoms with van der Waals surface area (Å²) in [5.41, 5.74) is 10.6. The highest BCUT2D eigenvalue weighted by Gasteiger charge is 2.47. The van der Waals surface area contributed by atoms with Crippen LogP contribution in [0.25, 0.3) is 0 Å². The van der Waals surface area contributed by atoms with Crippen molar-refractivity contribution in [2.45, 2.75) is 122 Å². The van der Waals surface area contributed by atoms with Gasteiger partial charge in [-0.3, -0.25) is 14.5 Å². The van der Waals surface area contributed by atoms with Crippen LogP contribution in [0, 0.1) is 20.8 Å². The van der Waals surface area contributed by atoms with Crippen LogP contribution in [0.3, 0.4) is 0 Å². The number of hydrogen-bond donors (Lipinski definition) is 3. The Morgan fingerprint density at radius 1 is 0.958 bits per heavy atom. The number of H-pyrrole nitrogens is 1. The smallest absolute Gasteiger partial charge is 0.253 e. The zero-order valence-electron chi connectivity index (χ0n) is 30.1. The van der Waals surface area contributed by atoms with E-state index in [0.29, 0.717) is 11.6 Å². The fourth-order valence-corrected chi connectivity index (χ4v) is 9.04. The van der Waals surface area contributed by atoms with E-state index in [0.717, 1.165) is 81.2 Å². The lowest BCUT2D eigenvalue weighted by Crippen LogP contribution is -2.50. The Bertz CT molecular complexity index is 1450. The Balaban J connectivity index is 1.34. The number of carbonyl (C=O) groups excluding carboxylic acids is 1. The van der Waals surface area contributed by atoms with E-state index in [1.807, 2.05) is 19.9 Å². The van der Waals surface area contributed by atoms with Gasteiger partial charge in [-0.25, -0.2) is 10.4 Å². The molecule has 4 aliphatic rings. The molecule has 9 heteroatoms. The van der Waals surface area contributed by atoms with Crippen LogP contribution in [0.5, 0.6) is 0 Å². The van der Waals surface area contributed by atoms with Crippen LogP contribution < -0.4 is 21.2 Å². The second-order valence-corrected chi connectivity index (χ2v) is 15.2. The number of aryl methyl sites for hydroxylation is 2. The molecular weight excluding hydrogens is 600 g/mol. The fraction of sp³-hybridized carbons (Fsp3) is 0.692. The van der Waals surface area contributed by atoms with Gasteiger partial charge in [-0.15, -0.1) is 0 Å². The molecule has 0 radical (unpaired) electrons. The summed E-state index contributed by atoms with van der Waals surface area (Å²) in [6.45, 7) is 12.8. The van der Waals surface area contributed by atoms with Crippen molar-refractivity contribution in [2.24, 2.45) is 0 Å². The van der Waals surface area contributed by atoms with Crippen LogP contribution in [-0.4, -0.2) is 85.4 Å². The topological polar surface area (TPSA) is 92.9 Å². The van der Waals surface area contributed by atoms with Crippen LogP contribution in [0.4, 0.5) is 5.69 Å². The van der Waals surface area contributed by atoms with Crippen LogP contribution in [-0.2, 0) is 11.3 Å². The molecule has 3 heterocycles. The summed E-state index contributed by atoms with van der Waals surface area (Å²) in [6, 6.07) is 7.10. The van der Waals surface area contributed by atoms with Crippen molar-refractivity contribution in [1.82, 2.24) is 25.6 Å². The predicted octanol–water partition coefficient (Wildman–Crippen LogP) is 5.72. The number of benzene rings is 1. The van der Waals surface area contributed by atoms with Crippen molar-refractivity contribution in [3.05, 3.63) is 62.1 Å². The first-order valence-corrected chi connectivity index (χ1v) is 18.9. The molecule has 1 spiro atoms. The highest BCUT2D eigenvalue weighted by molar-refractivity contribution is 5.97. The molecule has 264 valence electrons. The Hall–Kier alpha value is -2.72. The third-order valence-corrected chi connectivity index (χ3v) is 12.0. The quantitative estimate of drug-likeness (QED) is 0.317. The largest absolute Gasteiger partial charge is 0.379 e. The maximum atomic E-state index is 14.2. The molecule has 3 N–H and O–H groups in total. The minimum absolute atomic E-state index is 0.0125. The summed E-state index contributed by atoms with van der Waals surface area (Å²) in [6.07, 6.45) is 14.9. The molecule has 48 heavy (non-hydrogen) atoms. The lowest BCUT2D eigenvalue weighted by atomic mass is 9.72. The maximum Gasteiger partial charge on any atom is 0.253 e. The van der Waals surface area contributed by atoms with Crippen LogP contribution in [0.2, 0.25) is 0 Å². The number of amides is 1. The van der Waals surface area contributed by atoms with Gasteiger partial charge in [0.15, 0.2) is 0 Å². The van der Waals surface area contributed by atoms with Gasteiger partial charge in [-0.1, -0.05) is 51.4 Å². The summed E-state index contributed by atoms with van der Waals surface area (Å²) in [4.78, 5) is 34.9. The first-order valence-electron chi connectivity index (χ1n) is 18.9. The first-order chi connectivity index (χ1) is 23.2. The molecule has 1 amide bonds. The molecule has 4 fully saturated rings. The van der Waals surface area contributed by atoms with Crippen LogP contribution in [0.15, 0.2) is 23.0 Å². The molecule has 1 unspecified atom stereocenters. The highest BCUT2D eigenvalue weighted by Crippen LogP contribution is 2.45. The molecule has 1 aromatic carbocycles. The Morgan fingerprint density at radius 2 is 1.65 bits per heavy atom. The van der Waals surface area contributed by atoms with E-state index in [-0.39, 0.29) is 29.5 Å². The number of aromatic amines is 1. The number of hydrazine groups is 1.